The Bertz CT molecular complexity index is 559. The molecular formula is C14H17Cl2N3S. The molecule has 0 aliphatic carbocycles. The van der Waals surface area contributed by atoms with Gasteiger partial charge in [-0.25, -0.2) is 9.97 Å². The Hall–Kier alpha value is -0.970. The van der Waals surface area contributed by atoms with Gasteiger partial charge in [0.1, 0.15) is 5.82 Å². The highest BCUT2D eigenvalue weighted by molar-refractivity contribution is 7.98. The van der Waals surface area contributed by atoms with Crippen molar-refractivity contribution in [3.05, 3.63) is 46.6 Å². The molecule has 0 spiro atoms. The van der Waals surface area contributed by atoms with Gasteiger partial charge in [0, 0.05) is 36.6 Å². The molecule has 1 aromatic carbocycles. The minimum Gasteiger partial charge on any atom is -0.362 e. The average Bonchev–Trinajstić information content (AvgIpc) is 2.39. The van der Waals surface area contributed by atoms with E-state index in [0.717, 1.165) is 27.3 Å². The van der Waals surface area contributed by atoms with Gasteiger partial charge in [-0.1, -0.05) is 35.5 Å². The summed E-state index contributed by atoms with van der Waals surface area (Å²) in [6.45, 7) is 2.02. The molecule has 0 radical (unpaired) electrons. The van der Waals surface area contributed by atoms with Crippen LogP contribution >= 0.6 is 35.8 Å². The van der Waals surface area contributed by atoms with Crippen molar-refractivity contribution >= 4 is 41.6 Å². The number of aryl methyl sites for hydroxylation is 1. The molecule has 0 atom stereocenters. The lowest BCUT2D eigenvalue weighted by molar-refractivity contribution is 0.911. The minimum atomic E-state index is 0. The summed E-state index contributed by atoms with van der Waals surface area (Å²) in [7, 11) is 3.98. The third kappa shape index (κ3) is 4.54. The maximum atomic E-state index is 5.86. The number of anilines is 1. The summed E-state index contributed by atoms with van der Waals surface area (Å²) < 4.78 is 0. The second kappa shape index (κ2) is 7.72. The Balaban J connectivity index is 0.00000200. The highest BCUT2D eigenvalue weighted by atomic mass is 35.5. The SMILES string of the molecule is Cc1cnc(SCc2ccc(Cl)cc2)nc1N(C)C.Cl. The van der Waals surface area contributed by atoms with Crippen molar-refractivity contribution in [3.8, 4) is 0 Å². The third-order valence-corrected chi connectivity index (χ3v) is 3.81. The normalized spacial score (nSPS) is 10.0. The van der Waals surface area contributed by atoms with E-state index in [2.05, 4.69) is 9.97 Å². The molecule has 0 aliphatic heterocycles. The van der Waals surface area contributed by atoms with E-state index in [-0.39, 0.29) is 12.4 Å². The molecule has 0 bridgehead atoms. The highest BCUT2D eigenvalue weighted by Gasteiger charge is 2.06. The summed E-state index contributed by atoms with van der Waals surface area (Å²) in [6, 6.07) is 7.85. The lowest BCUT2D eigenvalue weighted by Crippen LogP contribution is -2.13. The number of rotatable bonds is 4. The number of nitrogens with zero attached hydrogens (tertiary/aromatic N) is 3. The Morgan fingerprint density at radius 1 is 1.20 bits per heavy atom. The average molecular weight is 330 g/mol. The van der Waals surface area contributed by atoms with Crippen LogP contribution in [0.3, 0.4) is 0 Å². The van der Waals surface area contributed by atoms with Crippen LogP contribution in [0.2, 0.25) is 5.02 Å². The van der Waals surface area contributed by atoms with Crippen LogP contribution in [0.25, 0.3) is 0 Å². The molecular weight excluding hydrogens is 313 g/mol. The van der Waals surface area contributed by atoms with Gasteiger partial charge in [-0.15, -0.1) is 12.4 Å². The van der Waals surface area contributed by atoms with E-state index in [0.29, 0.717) is 0 Å². The van der Waals surface area contributed by atoms with Crippen LogP contribution in [-0.4, -0.2) is 24.1 Å². The van der Waals surface area contributed by atoms with Crippen LogP contribution in [-0.2, 0) is 5.75 Å². The molecule has 0 saturated carbocycles. The molecule has 1 heterocycles. The van der Waals surface area contributed by atoms with Gasteiger partial charge in [0.2, 0.25) is 0 Å². The van der Waals surface area contributed by atoms with E-state index in [1.165, 1.54) is 5.56 Å². The minimum absolute atomic E-state index is 0. The number of benzene rings is 1. The molecule has 20 heavy (non-hydrogen) atoms. The van der Waals surface area contributed by atoms with Gasteiger partial charge in [0.05, 0.1) is 0 Å². The summed E-state index contributed by atoms with van der Waals surface area (Å²) in [5, 5.41) is 1.56. The van der Waals surface area contributed by atoms with E-state index in [1.54, 1.807) is 11.8 Å². The zero-order valence-corrected chi connectivity index (χ0v) is 14.0. The first-order valence-electron chi connectivity index (χ1n) is 5.94. The molecule has 0 unspecified atom stereocenters. The summed E-state index contributed by atoms with van der Waals surface area (Å²) in [5.74, 6) is 1.81. The maximum absolute atomic E-state index is 5.86. The first-order valence-corrected chi connectivity index (χ1v) is 7.31. The molecule has 1 aromatic heterocycles. The molecule has 3 nitrogen and oxygen atoms in total. The van der Waals surface area contributed by atoms with Crippen LogP contribution < -0.4 is 4.90 Å². The number of halogens is 2. The van der Waals surface area contributed by atoms with Crippen LogP contribution in [0, 0.1) is 6.92 Å². The van der Waals surface area contributed by atoms with Crippen molar-refractivity contribution in [1.82, 2.24) is 9.97 Å². The maximum Gasteiger partial charge on any atom is 0.189 e. The van der Waals surface area contributed by atoms with Crippen LogP contribution in [0.1, 0.15) is 11.1 Å². The lowest BCUT2D eigenvalue weighted by atomic mass is 10.2. The first-order chi connectivity index (χ1) is 9.06. The van der Waals surface area contributed by atoms with E-state index >= 15 is 0 Å². The largest absolute Gasteiger partial charge is 0.362 e. The van der Waals surface area contributed by atoms with E-state index < -0.39 is 0 Å². The fourth-order valence-electron chi connectivity index (χ4n) is 1.67. The Morgan fingerprint density at radius 2 is 1.85 bits per heavy atom. The fourth-order valence-corrected chi connectivity index (χ4v) is 2.56. The van der Waals surface area contributed by atoms with Crippen molar-refractivity contribution < 1.29 is 0 Å². The van der Waals surface area contributed by atoms with Crippen molar-refractivity contribution in [2.24, 2.45) is 0 Å². The number of hydrogen-bond donors (Lipinski definition) is 0. The lowest BCUT2D eigenvalue weighted by Gasteiger charge is -2.14. The molecule has 2 rings (SSSR count). The molecule has 108 valence electrons. The van der Waals surface area contributed by atoms with E-state index in [1.807, 2.05) is 56.4 Å². The van der Waals surface area contributed by atoms with E-state index in [9.17, 15) is 0 Å². The third-order valence-electron chi connectivity index (χ3n) is 2.63. The van der Waals surface area contributed by atoms with Gasteiger partial charge in [-0.3, -0.25) is 0 Å². The zero-order chi connectivity index (χ0) is 13.8. The van der Waals surface area contributed by atoms with E-state index in [4.69, 9.17) is 11.6 Å². The van der Waals surface area contributed by atoms with Gasteiger partial charge in [-0.05, 0) is 24.6 Å². The van der Waals surface area contributed by atoms with Crippen molar-refractivity contribution in [2.75, 3.05) is 19.0 Å². The Morgan fingerprint density at radius 3 is 2.45 bits per heavy atom. The Labute approximate surface area is 135 Å². The van der Waals surface area contributed by atoms with Gasteiger partial charge in [-0.2, -0.15) is 0 Å². The summed E-state index contributed by atoms with van der Waals surface area (Å²) in [4.78, 5) is 10.9. The number of hydrogen-bond acceptors (Lipinski definition) is 4. The monoisotopic (exact) mass is 329 g/mol. The van der Waals surface area contributed by atoms with Gasteiger partial charge < -0.3 is 4.90 Å². The first kappa shape index (κ1) is 17.1. The molecule has 0 aliphatic rings. The molecule has 0 amide bonds. The zero-order valence-electron chi connectivity index (χ0n) is 11.6. The number of aromatic nitrogens is 2. The summed E-state index contributed by atoms with van der Waals surface area (Å²) >= 11 is 7.49. The van der Waals surface area contributed by atoms with Crippen LogP contribution in [0.15, 0.2) is 35.6 Å². The van der Waals surface area contributed by atoms with Crippen molar-refractivity contribution in [2.45, 2.75) is 17.8 Å². The fraction of sp³-hybridized carbons (Fsp3) is 0.286. The Kier molecular flexibility index (Phi) is 6.59. The van der Waals surface area contributed by atoms with Crippen LogP contribution in [0.5, 0.6) is 0 Å². The standard InChI is InChI=1S/C14H16ClN3S.ClH/c1-10-8-16-14(17-13(10)18(2)3)19-9-11-4-6-12(15)7-5-11;/h4-8H,9H2,1-3H3;1H. The molecule has 0 fully saturated rings. The molecule has 0 N–H and O–H groups in total. The van der Waals surface area contributed by atoms with Gasteiger partial charge in [0.25, 0.3) is 0 Å². The second-order valence-electron chi connectivity index (χ2n) is 4.47. The summed E-state index contributed by atoms with van der Waals surface area (Å²) in [6.07, 6.45) is 1.87. The predicted molar refractivity (Wildman–Crippen MR) is 89.4 cm³/mol. The molecule has 2 aromatic rings. The van der Waals surface area contributed by atoms with Crippen LogP contribution in [0.4, 0.5) is 5.82 Å². The van der Waals surface area contributed by atoms with Crippen molar-refractivity contribution in [3.63, 3.8) is 0 Å². The van der Waals surface area contributed by atoms with Crippen molar-refractivity contribution in [1.29, 1.82) is 0 Å². The predicted octanol–water partition coefficient (Wildman–Crippen LogP) is 4.22. The highest BCUT2D eigenvalue weighted by Crippen LogP contribution is 2.23. The quantitative estimate of drug-likeness (QED) is 0.620. The summed E-state index contributed by atoms with van der Waals surface area (Å²) in [5.41, 5.74) is 2.30. The second-order valence-corrected chi connectivity index (χ2v) is 5.85. The van der Waals surface area contributed by atoms with Gasteiger partial charge in [0.15, 0.2) is 5.16 Å². The number of thioether (sulfide) groups is 1. The smallest absolute Gasteiger partial charge is 0.189 e. The molecule has 6 heteroatoms. The van der Waals surface area contributed by atoms with Gasteiger partial charge >= 0.3 is 0 Å². The topological polar surface area (TPSA) is 29.0 Å². The molecule has 0 saturated heterocycles.